The second kappa shape index (κ2) is 8.68. The van der Waals surface area contributed by atoms with Crippen LogP contribution in [0.15, 0.2) is 41.5 Å². The van der Waals surface area contributed by atoms with Crippen molar-refractivity contribution in [3.05, 3.63) is 47.7 Å². The molecule has 2 aliphatic heterocycles. The van der Waals surface area contributed by atoms with Gasteiger partial charge in [0.15, 0.2) is 5.17 Å². The van der Waals surface area contributed by atoms with Gasteiger partial charge in [-0.1, -0.05) is 51.1 Å². The minimum atomic E-state index is -0.723. The van der Waals surface area contributed by atoms with E-state index in [9.17, 15) is 4.79 Å². The minimum Gasteiger partial charge on any atom is -0.438 e. The Kier molecular flexibility index (Phi) is 5.99. The van der Waals surface area contributed by atoms with Gasteiger partial charge >= 0.3 is 0 Å². The maximum atomic E-state index is 13.3. The Morgan fingerprint density at radius 3 is 2.93 bits per heavy atom. The fraction of sp³-hybridized carbons (Fsp3) is 0.435. The van der Waals surface area contributed by atoms with E-state index in [-0.39, 0.29) is 11.8 Å². The van der Waals surface area contributed by atoms with Crippen molar-refractivity contribution in [1.29, 1.82) is 0 Å². The highest BCUT2D eigenvalue weighted by Gasteiger charge is 2.44. The van der Waals surface area contributed by atoms with Gasteiger partial charge in [0.25, 0.3) is 0 Å². The molecule has 1 aromatic heterocycles. The van der Waals surface area contributed by atoms with Gasteiger partial charge < -0.3 is 15.4 Å². The lowest BCUT2D eigenvalue weighted by Crippen LogP contribution is -2.43. The number of amides is 1. The Hall–Kier alpha value is -2.54. The third-order valence-electron chi connectivity index (χ3n) is 5.62. The van der Waals surface area contributed by atoms with Crippen LogP contribution < -0.4 is 15.4 Å². The van der Waals surface area contributed by atoms with Crippen molar-refractivity contribution in [2.75, 3.05) is 24.2 Å². The fourth-order valence-electron chi connectivity index (χ4n) is 3.94. The molecule has 1 atom stereocenters. The van der Waals surface area contributed by atoms with E-state index < -0.39 is 5.41 Å². The van der Waals surface area contributed by atoms with E-state index in [1.807, 2.05) is 32.0 Å². The zero-order valence-electron chi connectivity index (χ0n) is 17.7. The standard InChI is InChI=1S/C23H28N4O2S/c1-4-5-10-24-15-8-9-16-18(14-15)29-20-17(7-6-11-25-20)19(16)23(2,3)21(28)27-22-26-12-13-30-22/h6-9,11,14,19,24H,4-5,10,12-13H2,1-3H3,(H,26,27,28). The van der Waals surface area contributed by atoms with Crippen LogP contribution in [0.4, 0.5) is 5.69 Å². The molecule has 4 rings (SSSR count). The molecule has 1 amide bonds. The van der Waals surface area contributed by atoms with Gasteiger partial charge in [-0.3, -0.25) is 9.79 Å². The van der Waals surface area contributed by atoms with Crippen molar-refractivity contribution in [2.24, 2.45) is 10.4 Å². The number of unbranched alkanes of at least 4 members (excludes halogenated alkanes) is 1. The predicted octanol–water partition coefficient (Wildman–Crippen LogP) is 4.78. The molecule has 0 saturated heterocycles. The lowest BCUT2D eigenvalue weighted by Gasteiger charge is -2.37. The summed E-state index contributed by atoms with van der Waals surface area (Å²) < 4.78 is 6.15. The second-order valence-electron chi connectivity index (χ2n) is 8.18. The van der Waals surface area contributed by atoms with Crippen LogP contribution >= 0.6 is 11.8 Å². The molecule has 0 bridgehead atoms. The number of hydrogen-bond acceptors (Lipinski definition) is 6. The lowest BCUT2D eigenvalue weighted by atomic mass is 9.69. The number of aromatic nitrogens is 1. The first-order valence-corrected chi connectivity index (χ1v) is 11.5. The van der Waals surface area contributed by atoms with E-state index in [0.29, 0.717) is 11.0 Å². The van der Waals surface area contributed by atoms with Crippen LogP contribution in [0.25, 0.3) is 0 Å². The van der Waals surface area contributed by atoms with Gasteiger partial charge in [-0.05, 0) is 18.6 Å². The highest BCUT2D eigenvalue weighted by molar-refractivity contribution is 8.14. The molecule has 0 spiro atoms. The maximum absolute atomic E-state index is 13.3. The van der Waals surface area contributed by atoms with Gasteiger partial charge in [0, 0.05) is 47.3 Å². The molecule has 2 aliphatic rings. The van der Waals surface area contributed by atoms with Crippen molar-refractivity contribution in [1.82, 2.24) is 10.3 Å². The first-order chi connectivity index (χ1) is 14.5. The van der Waals surface area contributed by atoms with Crippen LogP contribution in [-0.4, -0.2) is 34.9 Å². The van der Waals surface area contributed by atoms with Crippen LogP contribution in [0.1, 0.15) is 50.7 Å². The third-order valence-corrected chi connectivity index (χ3v) is 6.51. The molecule has 158 valence electrons. The third kappa shape index (κ3) is 4.03. The SMILES string of the molecule is CCCCNc1ccc2c(c1)Oc1ncccc1C2C(C)(C)C(=O)NC1=NCCS1. The molecule has 0 aliphatic carbocycles. The van der Waals surface area contributed by atoms with Crippen molar-refractivity contribution in [3.8, 4) is 11.6 Å². The first-order valence-electron chi connectivity index (χ1n) is 10.5. The topological polar surface area (TPSA) is 75.6 Å². The van der Waals surface area contributed by atoms with E-state index in [1.54, 1.807) is 18.0 Å². The zero-order valence-corrected chi connectivity index (χ0v) is 18.5. The van der Waals surface area contributed by atoms with Crippen LogP contribution in [0.2, 0.25) is 0 Å². The molecular weight excluding hydrogens is 396 g/mol. The number of aliphatic imine (C=N–C) groups is 1. The van der Waals surface area contributed by atoms with E-state index in [0.717, 1.165) is 54.2 Å². The first kappa shape index (κ1) is 20.7. The molecule has 6 nitrogen and oxygen atoms in total. The van der Waals surface area contributed by atoms with Crippen molar-refractivity contribution >= 4 is 28.5 Å². The number of fused-ring (bicyclic) bond motifs is 2. The van der Waals surface area contributed by atoms with Crippen molar-refractivity contribution in [3.63, 3.8) is 0 Å². The molecule has 30 heavy (non-hydrogen) atoms. The fourth-order valence-corrected chi connectivity index (χ4v) is 4.66. The number of pyridine rings is 1. The average Bonchev–Trinajstić information content (AvgIpc) is 3.25. The Balaban J connectivity index is 1.69. The highest BCUT2D eigenvalue weighted by Crippen LogP contribution is 2.51. The molecule has 0 saturated carbocycles. The van der Waals surface area contributed by atoms with Gasteiger partial charge in [0.1, 0.15) is 5.75 Å². The number of carbonyl (C=O) groups is 1. The summed E-state index contributed by atoms with van der Waals surface area (Å²) in [7, 11) is 0. The lowest BCUT2D eigenvalue weighted by molar-refractivity contribution is -0.128. The number of anilines is 1. The molecule has 1 unspecified atom stereocenters. The Labute approximate surface area is 181 Å². The largest absolute Gasteiger partial charge is 0.438 e. The average molecular weight is 425 g/mol. The molecule has 1 aromatic carbocycles. The van der Waals surface area contributed by atoms with Gasteiger partial charge in [-0.2, -0.15) is 0 Å². The summed E-state index contributed by atoms with van der Waals surface area (Å²) in [5.41, 5.74) is 2.22. The summed E-state index contributed by atoms with van der Waals surface area (Å²) in [4.78, 5) is 22.1. The molecule has 0 radical (unpaired) electrons. The zero-order chi connectivity index (χ0) is 21.1. The van der Waals surface area contributed by atoms with Gasteiger partial charge in [0.2, 0.25) is 11.8 Å². The molecule has 7 heteroatoms. The smallest absolute Gasteiger partial charge is 0.232 e. The summed E-state index contributed by atoms with van der Waals surface area (Å²) in [6, 6.07) is 10.0. The van der Waals surface area contributed by atoms with E-state index in [1.165, 1.54) is 0 Å². The monoisotopic (exact) mass is 424 g/mol. The quantitative estimate of drug-likeness (QED) is 0.653. The van der Waals surface area contributed by atoms with Crippen molar-refractivity contribution in [2.45, 2.75) is 39.5 Å². The van der Waals surface area contributed by atoms with Crippen LogP contribution in [-0.2, 0) is 4.79 Å². The summed E-state index contributed by atoms with van der Waals surface area (Å²) in [6.45, 7) is 7.80. The molecule has 2 N–H and O–H groups in total. The van der Waals surface area contributed by atoms with E-state index >= 15 is 0 Å². The van der Waals surface area contributed by atoms with Gasteiger partial charge in [-0.15, -0.1) is 0 Å². The summed E-state index contributed by atoms with van der Waals surface area (Å²) in [5, 5.41) is 7.18. The van der Waals surface area contributed by atoms with Crippen LogP contribution in [0.5, 0.6) is 11.6 Å². The van der Waals surface area contributed by atoms with Crippen LogP contribution in [0.3, 0.4) is 0 Å². The van der Waals surface area contributed by atoms with Crippen molar-refractivity contribution < 1.29 is 9.53 Å². The summed E-state index contributed by atoms with van der Waals surface area (Å²) >= 11 is 1.59. The number of thioether (sulfide) groups is 1. The Morgan fingerprint density at radius 2 is 2.17 bits per heavy atom. The number of ether oxygens (including phenoxy) is 1. The highest BCUT2D eigenvalue weighted by atomic mass is 32.2. The molecule has 3 heterocycles. The van der Waals surface area contributed by atoms with E-state index in [2.05, 4.69) is 39.7 Å². The number of nitrogens with zero attached hydrogens (tertiary/aromatic N) is 2. The predicted molar refractivity (Wildman–Crippen MR) is 123 cm³/mol. The normalized spacial score (nSPS) is 17.4. The van der Waals surface area contributed by atoms with Gasteiger partial charge in [0.05, 0.1) is 12.0 Å². The maximum Gasteiger partial charge on any atom is 0.232 e. The van der Waals surface area contributed by atoms with Gasteiger partial charge in [-0.25, -0.2) is 4.98 Å². The molecule has 0 fully saturated rings. The minimum absolute atomic E-state index is 0.0477. The number of rotatable bonds is 6. The molecule has 2 aromatic rings. The Morgan fingerprint density at radius 1 is 1.30 bits per heavy atom. The van der Waals surface area contributed by atoms with E-state index in [4.69, 9.17) is 4.74 Å². The number of carbonyl (C=O) groups excluding carboxylic acids is 1. The number of hydrogen-bond donors (Lipinski definition) is 2. The second-order valence-corrected chi connectivity index (χ2v) is 9.26. The van der Waals surface area contributed by atoms with Crippen LogP contribution in [0, 0.1) is 5.41 Å². The molecular formula is C23H28N4O2S. The Bertz CT molecular complexity index is 973. The summed E-state index contributed by atoms with van der Waals surface area (Å²) in [5.74, 6) is 2.00. The number of amidine groups is 1. The number of nitrogens with one attached hydrogen (secondary N) is 2. The summed E-state index contributed by atoms with van der Waals surface area (Å²) in [6.07, 6.45) is 3.97. The number of benzene rings is 1.